The smallest absolute Gasteiger partial charge is 0.0316 e. The van der Waals surface area contributed by atoms with Gasteiger partial charge in [0.25, 0.3) is 0 Å². The predicted molar refractivity (Wildman–Crippen MR) is 77.7 cm³/mol. The van der Waals surface area contributed by atoms with Crippen molar-refractivity contribution in [2.75, 3.05) is 20.1 Å². The number of nitrogens with one attached hydrogen (secondary N) is 1. The molecule has 0 aliphatic carbocycles. The van der Waals surface area contributed by atoms with Crippen LogP contribution in [0.5, 0.6) is 0 Å². The minimum absolute atomic E-state index is 0.509. The topological polar surface area (TPSA) is 15.3 Å². The third kappa shape index (κ3) is 3.82. The van der Waals surface area contributed by atoms with Gasteiger partial charge >= 0.3 is 0 Å². The maximum Gasteiger partial charge on any atom is 0.0316 e. The molecule has 0 saturated carbocycles. The van der Waals surface area contributed by atoms with Crippen molar-refractivity contribution < 1.29 is 0 Å². The van der Waals surface area contributed by atoms with Crippen molar-refractivity contribution in [2.24, 2.45) is 0 Å². The molecule has 2 heteroatoms. The minimum Gasteiger partial charge on any atom is -0.314 e. The van der Waals surface area contributed by atoms with Crippen molar-refractivity contribution >= 4 is 0 Å². The van der Waals surface area contributed by atoms with Crippen LogP contribution in [-0.4, -0.2) is 31.1 Å². The van der Waals surface area contributed by atoms with Gasteiger partial charge in [0.15, 0.2) is 0 Å². The molecule has 1 saturated heterocycles. The van der Waals surface area contributed by atoms with Crippen LogP contribution in [0.1, 0.15) is 44.2 Å². The molecular weight excluding hydrogens is 220 g/mol. The lowest BCUT2D eigenvalue weighted by Crippen LogP contribution is -2.37. The van der Waals surface area contributed by atoms with E-state index in [0.717, 1.165) is 6.04 Å². The first-order valence-corrected chi connectivity index (χ1v) is 7.26. The molecule has 0 radical (unpaired) electrons. The summed E-state index contributed by atoms with van der Waals surface area (Å²) in [7, 11) is 2.24. The van der Waals surface area contributed by atoms with Gasteiger partial charge in [-0.1, -0.05) is 36.8 Å². The Morgan fingerprint density at radius 1 is 1.28 bits per heavy atom. The number of rotatable bonds is 5. The highest BCUT2D eigenvalue weighted by molar-refractivity contribution is 5.18. The zero-order chi connectivity index (χ0) is 12.8. The summed E-state index contributed by atoms with van der Waals surface area (Å²) in [6, 6.07) is 12.0. The van der Waals surface area contributed by atoms with E-state index in [1.807, 2.05) is 0 Å². The van der Waals surface area contributed by atoms with Gasteiger partial charge in [-0.05, 0) is 51.9 Å². The molecule has 1 aromatic rings. The summed E-state index contributed by atoms with van der Waals surface area (Å²) in [6.07, 6.45) is 5.38. The minimum atomic E-state index is 0.509. The fourth-order valence-electron chi connectivity index (χ4n) is 2.71. The molecule has 1 aromatic carbocycles. The first-order valence-electron chi connectivity index (χ1n) is 7.26. The molecule has 18 heavy (non-hydrogen) atoms. The molecule has 1 aliphatic rings. The van der Waals surface area contributed by atoms with Crippen LogP contribution in [0.3, 0.4) is 0 Å². The first kappa shape index (κ1) is 13.6. The van der Waals surface area contributed by atoms with Crippen LogP contribution >= 0.6 is 0 Å². The van der Waals surface area contributed by atoms with Gasteiger partial charge in [0.1, 0.15) is 0 Å². The highest BCUT2D eigenvalue weighted by atomic mass is 15.1. The van der Waals surface area contributed by atoms with Crippen LogP contribution in [0.25, 0.3) is 0 Å². The van der Waals surface area contributed by atoms with E-state index >= 15 is 0 Å². The molecule has 2 unspecified atom stereocenters. The third-order valence-electron chi connectivity index (χ3n) is 4.19. The van der Waals surface area contributed by atoms with Gasteiger partial charge in [-0.25, -0.2) is 0 Å². The molecular formula is C16H26N2. The Balaban J connectivity index is 1.78. The largest absolute Gasteiger partial charge is 0.314 e. The van der Waals surface area contributed by atoms with Gasteiger partial charge in [0.2, 0.25) is 0 Å². The van der Waals surface area contributed by atoms with Crippen molar-refractivity contribution in [1.82, 2.24) is 10.2 Å². The number of nitrogens with zero attached hydrogens (tertiary/aromatic N) is 1. The van der Waals surface area contributed by atoms with Crippen molar-refractivity contribution in [1.29, 1.82) is 0 Å². The molecule has 1 N–H and O–H groups in total. The summed E-state index contributed by atoms with van der Waals surface area (Å²) in [5.41, 5.74) is 1.41. The molecule has 2 rings (SSSR count). The zero-order valence-corrected chi connectivity index (χ0v) is 11.7. The van der Waals surface area contributed by atoms with E-state index in [1.54, 1.807) is 0 Å². The highest BCUT2D eigenvalue weighted by Crippen LogP contribution is 2.19. The van der Waals surface area contributed by atoms with E-state index in [2.05, 4.69) is 54.5 Å². The van der Waals surface area contributed by atoms with E-state index in [4.69, 9.17) is 0 Å². The monoisotopic (exact) mass is 246 g/mol. The Kier molecular flexibility index (Phi) is 5.21. The molecule has 2 atom stereocenters. The lowest BCUT2D eigenvalue weighted by atomic mass is 10.0. The molecule has 0 bridgehead atoms. The first-order chi connectivity index (χ1) is 8.77. The van der Waals surface area contributed by atoms with E-state index < -0.39 is 0 Å². The van der Waals surface area contributed by atoms with E-state index in [0.29, 0.717) is 6.04 Å². The molecule has 0 aromatic heterocycles. The zero-order valence-electron chi connectivity index (χ0n) is 11.7. The second-order valence-corrected chi connectivity index (χ2v) is 5.50. The van der Waals surface area contributed by atoms with Crippen LogP contribution in [-0.2, 0) is 0 Å². The lowest BCUT2D eigenvalue weighted by Gasteiger charge is -2.29. The van der Waals surface area contributed by atoms with Gasteiger partial charge < -0.3 is 5.32 Å². The summed E-state index contributed by atoms with van der Waals surface area (Å²) in [5, 5.41) is 3.63. The van der Waals surface area contributed by atoms with Crippen LogP contribution in [0.15, 0.2) is 30.3 Å². The van der Waals surface area contributed by atoms with Gasteiger partial charge in [-0.15, -0.1) is 0 Å². The summed E-state index contributed by atoms with van der Waals surface area (Å²) in [5.74, 6) is 0. The molecule has 0 amide bonds. The Labute approximate surface area is 111 Å². The standard InChI is InChI=1S/C16H26N2/c1-14(15-8-4-3-5-9-15)18(2)13-11-16-10-6-7-12-17-16/h3-5,8-9,14,16-17H,6-7,10-13H2,1-2H3. The SMILES string of the molecule is CC(c1ccccc1)N(C)CCC1CCCCN1. The van der Waals surface area contributed by atoms with Crippen LogP contribution in [0.4, 0.5) is 0 Å². The maximum absolute atomic E-state index is 3.63. The lowest BCUT2D eigenvalue weighted by molar-refractivity contribution is 0.236. The highest BCUT2D eigenvalue weighted by Gasteiger charge is 2.15. The third-order valence-corrected chi connectivity index (χ3v) is 4.19. The Morgan fingerprint density at radius 2 is 2.06 bits per heavy atom. The number of hydrogen-bond donors (Lipinski definition) is 1. The van der Waals surface area contributed by atoms with Crippen molar-refractivity contribution in [3.63, 3.8) is 0 Å². The normalized spacial score (nSPS) is 22.1. The molecule has 100 valence electrons. The summed E-state index contributed by atoms with van der Waals surface area (Å²) in [4.78, 5) is 2.46. The van der Waals surface area contributed by atoms with Gasteiger partial charge in [-0.2, -0.15) is 0 Å². The second kappa shape index (κ2) is 6.91. The Hall–Kier alpha value is -0.860. The van der Waals surface area contributed by atoms with Gasteiger partial charge in [-0.3, -0.25) is 4.90 Å². The van der Waals surface area contributed by atoms with E-state index in [1.165, 1.54) is 44.3 Å². The van der Waals surface area contributed by atoms with Crippen LogP contribution in [0, 0.1) is 0 Å². The average molecular weight is 246 g/mol. The van der Waals surface area contributed by atoms with E-state index in [9.17, 15) is 0 Å². The average Bonchev–Trinajstić information content (AvgIpc) is 2.46. The Bertz CT molecular complexity index is 330. The van der Waals surface area contributed by atoms with Crippen molar-refractivity contribution in [3.8, 4) is 0 Å². The summed E-state index contributed by atoms with van der Waals surface area (Å²) in [6.45, 7) is 4.68. The summed E-state index contributed by atoms with van der Waals surface area (Å²) < 4.78 is 0. The van der Waals surface area contributed by atoms with Gasteiger partial charge in [0, 0.05) is 12.1 Å². The Morgan fingerprint density at radius 3 is 2.72 bits per heavy atom. The summed E-state index contributed by atoms with van der Waals surface area (Å²) >= 11 is 0. The fraction of sp³-hybridized carbons (Fsp3) is 0.625. The maximum atomic E-state index is 3.63. The van der Waals surface area contributed by atoms with Crippen LogP contribution < -0.4 is 5.32 Å². The molecule has 1 aliphatic heterocycles. The van der Waals surface area contributed by atoms with Crippen molar-refractivity contribution in [2.45, 2.75) is 44.7 Å². The quantitative estimate of drug-likeness (QED) is 0.858. The molecule has 1 heterocycles. The molecule has 0 spiro atoms. The number of hydrogen-bond acceptors (Lipinski definition) is 2. The molecule has 1 fully saturated rings. The fourth-order valence-corrected chi connectivity index (χ4v) is 2.71. The van der Waals surface area contributed by atoms with Crippen LogP contribution in [0.2, 0.25) is 0 Å². The van der Waals surface area contributed by atoms with Gasteiger partial charge in [0.05, 0.1) is 0 Å². The predicted octanol–water partition coefficient (Wildman–Crippen LogP) is 3.21. The number of benzene rings is 1. The second-order valence-electron chi connectivity index (χ2n) is 5.50. The number of piperidine rings is 1. The van der Waals surface area contributed by atoms with E-state index in [-0.39, 0.29) is 0 Å². The molecule has 2 nitrogen and oxygen atoms in total. The van der Waals surface area contributed by atoms with Crippen molar-refractivity contribution in [3.05, 3.63) is 35.9 Å².